The van der Waals surface area contributed by atoms with Crippen LogP contribution in [0.3, 0.4) is 0 Å². The predicted molar refractivity (Wildman–Crippen MR) is 103 cm³/mol. The smallest absolute Gasteiger partial charge is 0.358 e. The second kappa shape index (κ2) is 8.05. The predicted octanol–water partition coefficient (Wildman–Crippen LogP) is 8.24. The molecule has 0 amide bonds. The molecule has 2 aromatic heterocycles. The number of rotatable bonds is 6. The molecule has 0 bridgehead atoms. The Morgan fingerprint density at radius 2 is 1.69 bits per heavy atom. The molecule has 0 spiro atoms. The SMILES string of the molecule is CCC(CC)c1[nH]c2cc(C(F)(F)F)ccc2c1[C@H](CC(F)(F)F)c1cccs1. The number of aromatic amines is 1. The second-order valence-corrected chi connectivity index (χ2v) is 8.09. The van der Waals surface area contributed by atoms with E-state index in [1.807, 2.05) is 13.8 Å². The average Bonchev–Trinajstić information content (AvgIpc) is 3.27. The van der Waals surface area contributed by atoms with Gasteiger partial charge in [-0.15, -0.1) is 11.3 Å². The first-order chi connectivity index (χ1) is 13.5. The molecule has 1 nitrogen and oxygen atoms in total. The van der Waals surface area contributed by atoms with Gasteiger partial charge < -0.3 is 4.98 Å². The molecular weight excluding hydrogens is 412 g/mol. The Labute approximate surface area is 168 Å². The molecule has 158 valence electrons. The van der Waals surface area contributed by atoms with Crippen molar-refractivity contribution in [3.63, 3.8) is 0 Å². The standard InChI is InChI=1S/C21H21F6NS/c1-3-12(4-2)19-18(15(11-20(22,23)24)17-6-5-9-29-17)14-8-7-13(21(25,26)27)10-16(14)28-19/h5-10,12,15,28H,3-4,11H2,1-2H3/t15-/m1/s1. The Morgan fingerprint density at radius 1 is 1.00 bits per heavy atom. The van der Waals surface area contributed by atoms with Crippen molar-refractivity contribution in [1.82, 2.24) is 4.98 Å². The summed E-state index contributed by atoms with van der Waals surface area (Å²) >= 11 is 1.23. The molecule has 2 heterocycles. The van der Waals surface area contributed by atoms with Crippen LogP contribution < -0.4 is 0 Å². The van der Waals surface area contributed by atoms with E-state index < -0.39 is 30.3 Å². The van der Waals surface area contributed by atoms with Crippen LogP contribution in [-0.4, -0.2) is 11.2 Å². The summed E-state index contributed by atoms with van der Waals surface area (Å²) < 4.78 is 79.8. The van der Waals surface area contributed by atoms with E-state index in [0.29, 0.717) is 34.4 Å². The molecule has 0 saturated carbocycles. The van der Waals surface area contributed by atoms with Crippen LogP contribution in [0.2, 0.25) is 0 Å². The second-order valence-electron chi connectivity index (χ2n) is 7.11. The van der Waals surface area contributed by atoms with Crippen molar-refractivity contribution in [1.29, 1.82) is 0 Å². The van der Waals surface area contributed by atoms with Crippen molar-refractivity contribution >= 4 is 22.2 Å². The lowest BCUT2D eigenvalue weighted by Crippen LogP contribution is -2.16. The normalized spacial score (nSPS) is 14.1. The summed E-state index contributed by atoms with van der Waals surface area (Å²) in [6.07, 6.45) is -8.64. The van der Waals surface area contributed by atoms with Crippen molar-refractivity contribution in [2.75, 3.05) is 0 Å². The van der Waals surface area contributed by atoms with Crippen LogP contribution >= 0.6 is 11.3 Å². The van der Waals surface area contributed by atoms with Gasteiger partial charge in [-0.3, -0.25) is 0 Å². The summed E-state index contributed by atoms with van der Waals surface area (Å²) in [4.78, 5) is 3.60. The van der Waals surface area contributed by atoms with Gasteiger partial charge in [0.2, 0.25) is 0 Å². The first-order valence-corrected chi connectivity index (χ1v) is 10.3. The Hall–Kier alpha value is -1.96. The zero-order valence-electron chi connectivity index (χ0n) is 15.9. The lowest BCUT2D eigenvalue weighted by atomic mass is 9.86. The van der Waals surface area contributed by atoms with E-state index in [1.165, 1.54) is 17.4 Å². The third-order valence-electron chi connectivity index (χ3n) is 5.26. The van der Waals surface area contributed by atoms with Crippen LogP contribution in [0.5, 0.6) is 0 Å². The van der Waals surface area contributed by atoms with Gasteiger partial charge in [0.25, 0.3) is 0 Å². The number of fused-ring (bicyclic) bond motifs is 1. The van der Waals surface area contributed by atoms with Gasteiger partial charge in [-0.05, 0) is 47.9 Å². The van der Waals surface area contributed by atoms with Gasteiger partial charge in [0, 0.05) is 27.4 Å². The molecule has 1 aromatic carbocycles. The molecule has 0 aliphatic heterocycles. The Morgan fingerprint density at radius 3 is 2.21 bits per heavy atom. The first kappa shape index (κ1) is 21.7. The van der Waals surface area contributed by atoms with Crippen molar-refractivity contribution in [3.05, 3.63) is 57.4 Å². The minimum Gasteiger partial charge on any atom is -0.358 e. The van der Waals surface area contributed by atoms with Gasteiger partial charge in [-0.25, -0.2) is 0 Å². The number of thiophene rings is 1. The lowest BCUT2D eigenvalue weighted by molar-refractivity contribution is -0.138. The first-order valence-electron chi connectivity index (χ1n) is 9.38. The van der Waals surface area contributed by atoms with Gasteiger partial charge in [0.1, 0.15) is 0 Å². The number of aromatic nitrogens is 1. The summed E-state index contributed by atoms with van der Waals surface area (Å²) in [7, 11) is 0. The Bertz CT molecular complexity index is 948. The molecule has 0 saturated heterocycles. The van der Waals surface area contributed by atoms with E-state index in [2.05, 4.69) is 4.98 Å². The highest BCUT2D eigenvalue weighted by Gasteiger charge is 2.37. The number of halogens is 6. The fourth-order valence-electron chi connectivity index (χ4n) is 3.88. The highest BCUT2D eigenvalue weighted by molar-refractivity contribution is 7.10. The summed E-state index contributed by atoms with van der Waals surface area (Å²) in [5, 5.41) is 2.13. The van der Waals surface area contributed by atoms with Crippen LogP contribution in [0.1, 0.15) is 66.6 Å². The van der Waals surface area contributed by atoms with Crippen molar-refractivity contribution < 1.29 is 26.3 Å². The third kappa shape index (κ3) is 4.63. The topological polar surface area (TPSA) is 15.8 Å². The summed E-state index contributed by atoms with van der Waals surface area (Å²) in [5.41, 5.74) is 0.465. The highest BCUT2D eigenvalue weighted by Crippen LogP contribution is 2.45. The quantitative estimate of drug-likeness (QED) is 0.377. The molecule has 3 rings (SSSR count). The molecule has 1 N–H and O–H groups in total. The maximum atomic E-state index is 13.5. The van der Waals surface area contributed by atoms with Crippen LogP contribution in [0, 0.1) is 0 Å². The van der Waals surface area contributed by atoms with E-state index in [1.54, 1.807) is 17.5 Å². The number of nitrogens with one attached hydrogen (secondary N) is 1. The highest BCUT2D eigenvalue weighted by atomic mass is 32.1. The van der Waals surface area contributed by atoms with Crippen LogP contribution in [0.4, 0.5) is 26.3 Å². The van der Waals surface area contributed by atoms with Crippen LogP contribution in [-0.2, 0) is 6.18 Å². The van der Waals surface area contributed by atoms with Crippen LogP contribution in [0.25, 0.3) is 10.9 Å². The molecule has 0 radical (unpaired) electrons. The van der Waals surface area contributed by atoms with Gasteiger partial charge in [0.15, 0.2) is 0 Å². The van der Waals surface area contributed by atoms with Crippen molar-refractivity contribution in [2.45, 2.75) is 57.3 Å². The lowest BCUT2D eigenvalue weighted by Gasteiger charge is -2.22. The minimum atomic E-state index is -4.52. The molecular formula is C21H21F6NS. The number of alkyl halides is 6. The summed E-state index contributed by atoms with van der Waals surface area (Å²) in [6, 6.07) is 6.57. The Kier molecular flexibility index (Phi) is 6.03. The number of hydrogen-bond acceptors (Lipinski definition) is 1. The molecule has 0 aliphatic carbocycles. The summed E-state index contributed by atoms with van der Waals surface area (Å²) in [5.74, 6) is -1.03. The minimum absolute atomic E-state index is 0.0672. The van der Waals surface area contributed by atoms with E-state index >= 15 is 0 Å². The molecule has 3 aromatic rings. The maximum Gasteiger partial charge on any atom is 0.416 e. The Balaban J connectivity index is 2.28. The fraction of sp³-hybridized carbons (Fsp3) is 0.429. The number of H-pyrrole nitrogens is 1. The number of hydrogen-bond donors (Lipinski definition) is 1. The zero-order chi connectivity index (χ0) is 21.4. The monoisotopic (exact) mass is 433 g/mol. The molecule has 1 atom stereocenters. The maximum absolute atomic E-state index is 13.5. The third-order valence-corrected chi connectivity index (χ3v) is 6.25. The van der Waals surface area contributed by atoms with Gasteiger partial charge in [0.05, 0.1) is 12.0 Å². The van der Waals surface area contributed by atoms with Gasteiger partial charge >= 0.3 is 12.4 Å². The van der Waals surface area contributed by atoms with Crippen molar-refractivity contribution in [2.24, 2.45) is 0 Å². The molecule has 29 heavy (non-hydrogen) atoms. The fourth-order valence-corrected chi connectivity index (χ4v) is 4.71. The molecule has 0 unspecified atom stereocenters. The van der Waals surface area contributed by atoms with E-state index in [-0.39, 0.29) is 11.4 Å². The van der Waals surface area contributed by atoms with E-state index in [9.17, 15) is 26.3 Å². The average molecular weight is 433 g/mol. The van der Waals surface area contributed by atoms with Crippen molar-refractivity contribution in [3.8, 4) is 0 Å². The largest absolute Gasteiger partial charge is 0.416 e. The zero-order valence-corrected chi connectivity index (χ0v) is 16.7. The van der Waals surface area contributed by atoms with Gasteiger partial charge in [-0.1, -0.05) is 26.0 Å². The number of benzene rings is 1. The van der Waals surface area contributed by atoms with Gasteiger partial charge in [-0.2, -0.15) is 26.3 Å². The molecule has 8 heteroatoms. The van der Waals surface area contributed by atoms with E-state index in [0.717, 1.165) is 12.1 Å². The molecule has 0 fully saturated rings. The van der Waals surface area contributed by atoms with Crippen LogP contribution in [0.15, 0.2) is 35.7 Å². The van der Waals surface area contributed by atoms with E-state index in [4.69, 9.17) is 0 Å². The molecule has 0 aliphatic rings. The summed E-state index contributed by atoms with van der Waals surface area (Å²) in [6.45, 7) is 3.85.